The lowest BCUT2D eigenvalue weighted by Crippen LogP contribution is -2.03. The van der Waals surface area contributed by atoms with Gasteiger partial charge in [-0.25, -0.2) is 9.97 Å². The van der Waals surface area contributed by atoms with Gasteiger partial charge >= 0.3 is 0 Å². The van der Waals surface area contributed by atoms with Crippen molar-refractivity contribution in [3.8, 4) is 17.4 Å². The molecule has 0 spiro atoms. The zero-order valence-corrected chi connectivity index (χ0v) is 14.7. The number of pyridine rings is 1. The lowest BCUT2D eigenvalue weighted by Gasteiger charge is -2.07. The van der Waals surface area contributed by atoms with Crippen molar-refractivity contribution < 1.29 is 9.47 Å². The molecule has 5 heteroatoms. The number of aromatic nitrogens is 3. The Morgan fingerprint density at radius 2 is 1.77 bits per heavy atom. The van der Waals surface area contributed by atoms with Crippen molar-refractivity contribution in [1.82, 2.24) is 14.5 Å². The first-order chi connectivity index (χ1) is 12.7. The summed E-state index contributed by atoms with van der Waals surface area (Å²) in [6, 6.07) is 19.4. The summed E-state index contributed by atoms with van der Waals surface area (Å²) in [4.78, 5) is 8.85. The van der Waals surface area contributed by atoms with Crippen LogP contribution in [0.5, 0.6) is 17.4 Å². The molecule has 26 heavy (non-hydrogen) atoms. The highest BCUT2D eigenvalue weighted by molar-refractivity contribution is 5.77. The van der Waals surface area contributed by atoms with E-state index in [1.54, 1.807) is 6.20 Å². The van der Waals surface area contributed by atoms with Crippen LogP contribution in [0.2, 0.25) is 0 Å². The van der Waals surface area contributed by atoms with Gasteiger partial charge in [0.1, 0.15) is 23.9 Å². The first-order valence-electron chi connectivity index (χ1n) is 8.43. The molecule has 5 nitrogen and oxygen atoms in total. The monoisotopic (exact) mass is 345 g/mol. The van der Waals surface area contributed by atoms with E-state index in [1.165, 1.54) is 5.56 Å². The average Bonchev–Trinajstić information content (AvgIpc) is 2.98. The number of ether oxygens (including phenoxy) is 2. The Balaban J connectivity index is 1.55. The van der Waals surface area contributed by atoms with Gasteiger partial charge in [-0.3, -0.25) is 0 Å². The number of fused-ring (bicyclic) bond motifs is 1. The van der Waals surface area contributed by atoms with Crippen molar-refractivity contribution in [1.29, 1.82) is 0 Å². The molecule has 0 atom stereocenters. The summed E-state index contributed by atoms with van der Waals surface area (Å²) in [7, 11) is 1.98. The van der Waals surface area contributed by atoms with Crippen LogP contribution in [0.3, 0.4) is 0 Å². The van der Waals surface area contributed by atoms with Crippen LogP contribution >= 0.6 is 0 Å². The van der Waals surface area contributed by atoms with Gasteiger partial charge in [-0.05, 0) is 37.3 Å². The predicted molar refractivity (Wildman–Crippen MR) is 101 cm³/mol. The summed E-state index contributed by atoms with van der Waals surface area (Å²) >= 11 is 0. The van der Waals surface area contributed by atoms with Crippen LogP contribution in [0, 0.1) is 6.92 Å². The quantitative estimate of drug-likeness (QED) is 0.528. The highest BCUT2D eigenvalue weighted by atomic mass is 16.5. The van der Waals surface area contributed by atoms with E-state index in [4.69, 9.17) is 9.47 Å². The second-order valence-corrected chi connectivity index (χ2v) is 6.11. The van der Waals surface area contributed by atoms with Crippen LogP contribution in [0.15, 0.2) is 66.9 Å². The molecule has 4 rings (SSSR count). The third-order valence-corrected chi connectivity index (χ3v) is 4.19. The minimum absolute atomic E-state index is 0.407. The van der Waals surface area contributed by atoms with Gasteiger partial charge < -0.3 is 14.0 Å². The van der Waals surface area contributed by atoms with E-state index in [0.29, 0.717) is 12.5 Å². The molecule has 0 radical (unpaired) electrons. The summed E-state index contributed by atoms with van der Waals surface area (Å²) in [6.07, 6.45) is 1.71. The third kappa shape index (κ3) is 3.37. The number of benzene rings is 2. The van der Waals surface area contributed by atoms with Gasteiger partial charge in [-0.1, -0.05) is 23.8 Å². The molecule has 0 aliphatic heterocycles. The van der Waals surface area contributed by atoms with Crippen LogP contribution in [0.1, 0.15) is 11.4 Å². The number of hydrogen-bond acceptors (Lipinski definition) is 4. The Kier molecular flexibility index (Phi) is 4.27. The second-order valence-electron chi connectivity index (χ2n) is 6.11. The topological polar surface area (TPSA) is 49.2 Å². The normalized spacial score (nSPS) is 10.8. The number of rotatable bonds is 5. The van der Waals surface area contributed by atoms with Gasteiger partial charge in [-0.2, -0.15) is 0 Å². The zero-order valence-electron chi connectivity index (χ0n) is 14.7. The van der Waals surface area contributed by atoms with E-state index in [9.17, 15) is 0 Å². The average molecular weight is 345 g/mol. The molecule has 0 saturated carbocycles. The predicted octanol–water partition coefficient (Wildman–Crippen LogP) is 4.65. The van der Waals surface area contributed by atoms with Crippen LogP contribution in [0.25, 0.3) is 11.0 Å². The molecule has 0 bridgehead atoms. The lowest BCUT2D eigenvalue weighted by molar-refractivity contribution is 0.292. The SMILES string of the molecule is Cc1ccc(OCc2nc3ccc(Oc4ccccn4)cc3n2C)cc1. The number of aryl methyl sites for hydroxylation is 2. The van der Waals surface area contributed by atoms with E-state index < -0.39 is 0 Å². The summed E-state index contributed by atoms with van der Waals surface area (Å²) in [5.41, 5.74) is 3.10. The van der Waals surface area contributed by atoms with Gasteiger partial charge in [-0.15, -0.1) is 0 Å². The Labute approximate surface area is 151 Å². The molecule has 0 aliphatic rings. The summed E-state index contributed by atoms with van der Waals surface area (Å²) in [5.74, 6) is 2.99. The van der Waals surface area contributed by atoms with E-state index >= 15 is 0 Å². The van der Waals surface area contributed by atoms with Gasteiger partial charge in [0, 0.05) is 25.4 Å². The molecular weight excluding hydrogens is 326 g/mol. The Hall–Kier alpha value is -3.34. The summed E-state index contributed by atoms with van der Waals surface area (Å²) < 4.78 is 13.7. The molecule has 2 aromatic carbocycles. The molecule has 2 aromatic heterocycles. The molecule has 0 fully saturated rings. The van der Waals surface area contributed by atoms with Crippen LogP contribution in [-0.4, -0.2) is 14.5 Å². The molecule has 0 aliphatic carbocycles. The fraction of sp³-hybridized carbons (Fsp3) is 0.143. The standard InChI is InChI=1S/C21H19N3O2/c1-15-6-8-16(9-7-15)25-14-20-23-18-11-10-17(13-19(18)24(20)2)26-21-5-3-4-12-22-21/h3-13H,14H2,1-2H3. The van der Waals surface area contributed by atoms with Crippen molar-refractivity contribution in [3.05, 3.63) is 78.2 Å². The summed E-state index contributed by atoms with van der Waals surface area (Å²) in [6.45, 7) is 2.46. The van der Waals surface area contributed by atoms with Crippen molar-refractivity contribution >= 4 is 11.0 Å². The Morgan fingerprint density at radius 3 is 2.54 bits per heavy atom. The Bertz CT molecular complexity index is 1020. The van der Waals surface area contributed by atoms with E-state index in [0.717, 1.165) is 28.4 Å². The molecule has 2 heterocycles. The van der Waals surface area contributed by atoms with Crippen molar-refractivity contribution in [2.75, 3.05) is 0 Å². The molecule has 0 unspecified atom stereocenters. The molecule has 4 aromatic rings. The maximum Gasteiger partial charge on any atom is 0.219 e. The minimum Gasteiger partial charge on any atom is -0.486 e. The van der Waals surface area contributed by atoms with Crippen LogP contribution < -0.4 is 9.47 Å². The first kappa shape index (κ1) is 16.1. The highest BCUT2D eigenvalue weighted by Gasteiger charge is 2.10. The number of imidazole rings is 1. The fourth-order valence-electron chi connectivity index (χ4n) is 2.72. The van der Waals surface area contributed by atoms with Crippen LogP contribution in [-0.2, 0) is 13.7 Å². The molecule has 130 valence electrons. The maximum absolute atomic E-state index is 5.86. The molecular formula is C21H19N3O2. The minimum atomic E-state index is 0.407. The number of hydrogen-bond donors (Lipinski definition) is 0. The van der Waals surface area contributed by atoms with E-state index in [1.807, 2.05) is 72.3 Å². The first-order valence-corrected chi connectivity index (χ1v) is 8.43. The third-order valence-electron chi connectivity index (χ3n) is 4.19. The molecule has 0 saturated heterocycles. The van der Waals surface area contributed by atoms with Gasteiger partial charge in [0.15, 0.2) is 0 Å². The van der Waals surface area contributed by atoms with E-state index in [2.05, 4.69) is 16.9 Å². The molecule has 0 amide bonds. The second kappa shape index (κ2) is 6.88. The van der Waals surface area contributed by atoms with Crippen LogP contribution in [0.4, 0.5) is 0 Å². The molecule has 0 N–H and O–H groups in total. The van der Waals surface area contributed by atoms with Crippen molar-refractivity contribution in [2.45, 2.75) is 13.5 Å². The van der Waals surface area contributed by atoms with Gasteiger partial charge in [0.2, 0.25) is 5.88 Å². The van der Waals surface area contributed by atoms with E-state index in [-0.39, 0.29) is 0 Å². The lowest BCUT2D eigenvalue weighted by atomic mass is 10.2. The maximum atomic E-state index is 5.86. The zero-order chi connectivity index (χ0) is 17.9. The largest absolute Gasteiger partial charge is 0.486 e. The smallest absolute Gasteiger partial charge is 0.219 e. The van der Waals surface area contributed by atoms with Crippen molar-refractivity contribution in [3.63, 3.8) is 0 Å². The number of nitrogens with zero attached hydrogens (tertiary/aromatic N) is 3. The summed E-state index contributed by atoms with van der Waals surface area (Å²) in [5, 5.41) is 0. The van der Waals surface area contributed by atoms with Gasteiger partial charge in [0.25, 0.3) is 0 Å². The fourth-order valence-corrected chi connectivity index (χ4v) is 2.72. The highest BCUT2D eigenvalue weighted by Crippen LogP contribution is 2.25. The van der Waals surface area contributed by atoms with Gasteiger partial charge in [0.05, 0.1) is 11.0 Å². The van der Waals surface area contributed by atoms with Crippen molar-refractivity contribution in [2.24, 2.45) is 7.05 Å². The Morgan fingerprint density at radius 1 is 0.962 bits per heavy atom.